The highest BCUT2D eigenvalue weighted by molar-refractivity contribution is 5.88. The van der Waals surface area contributed by atoms with E-state index in [-0.39, 0.29) is 18.0 Å². The van der Waals surface area contributed by atoms with Gasteiger partial charge in [0.2, 0.25) is 5.91 Å². The second-order valence-corrected chi connectivity index (χ2v) is 7.24. The zero-order valence-corrected chi connectivity index (χ0v) is 15.3. The van der Waals surface area contributed by atoms with Crippen molar-refractivity contribution in [3.63, 3.8) is 0 Å². The average Bonchev–Trinajstić information content (AvgIpc) is 3.18. The summed E-state index contributed by atoms with van der Waals surface area (Å²) in [7, 11) is 0. The molecule has 2 heterocycles. The standard InChI is InChI=1S/C20H25N5O2/c26-19(23-16-8-9-16)18-7-4-12-24(18)20(27)21-11-10-15-13-22-25(14-15)17-5-2-1-3-6-17/h1-3,5-6,13-14,16,18H,4,7-12H2,(H,21,27)(H,23,26). The first kappa shape index (κ1) is 17.6. The van der Waals surface area contributed by atoms with Crippen LogP contribution in [0.3, 0.4) is 0 Å². The number of amides is 3. The molecule has 27 heavy (non-hydrogen) atoms. The predicted molar refractivity (Wildman–Crippen MR) is 102 cm³/mol. The molecule has 1 unspecified atom stereocenters. The van der Waals surface area contributed by atoms with Gasteiger partial charge in [0.25, 0.3) is 0 Å². The third-order valence-electron chi connectivity index (χ3n) is 5.09. The number of nitrogens with zero attached hydrogens (tertiary/aromatic N) is 3. The predicted octanol–water partition coefficient (Wildman–Crippen LogP) is 1.87. The highest BCUT2D eigenvalue weighted by Crippen LogP contribution is 2.22. The molecule has 1 aromatic carbocycles. The van der Waals surface area contributed by atoms with Crippen molar-refractivity contribution >= 4 is 11.9 Å². The van der Waals surface area contributed by atoms with Crippen LogP contribution in [0.4, 0.5) is 4.79 Å². The van der Waals surface area contributed by atoms with E-state index < -0.39 is 0 Å². The van der Waals surface area contributed by atoms with Crippen molar-refractivity contribution in [2.45, 2.75) is 44.2 Å². The number of likely N-dealkylation sites (tertiary alicyclic amines) is 1. The van der Waals surface area contributed by atoms with Gasteiger partial charge in [-0.05, 0) is 49.8 Å². The zero-order chi connectivity index (χ0) is 18.6. The summed E-state index contributed by atoms with van der Waals surface area (Å²) in [5, 5.41) is 10.3. The first-order chi connectivity index (χ1) is 13.2. The summed E-state index contributed by atoms with van der Waals surface area (Å²) < 4.78 is 1.83. The molecular formula is C20H25N5O2. The van der Waals surface area contributed by atoms with E-state index >= 15 is 0 Å². The lowest BCUT2D eigenvalue weighted by atomic mass is 10.2. The van der Waals surface area contributed by atoms with E-state index in [4.69, 9.17) is 0 Å². The SMILES string of the molecule is O=C(NC1CC1)C1CCCN1C(=O)NCCc1cnn(-c2ccccc2)c1. The number of hydrogen-bond acceptors (Lipinski definition) is 3. The van der Waals surface area contributed by atoms with E-state index in [2.05, 4.69) is 15.7 Å². The number of aromatic nitrogens is 2. The maximum atomic E-state index is 12.5. The topological polar surface area (TPSA) is 79.3 Å². The molecule has 0 radical (unpaired) electrons. The van der Waals surface area contributed by atoms with Gasteiger partial charge in [-0.2, -0.15) is 5.10 Å². The van der Waals surface area contributed by atoms with Gasteiger partial charge in [0.1, 0.15) is 6.04 Å². The van der Waals surface area contributed by atoms with Crippen molar-refractivity contribution in [3.05, 3.63) is 48.3 Å². The molecule has 1 aliphatic carbocycles. The largest absolute Gasteiger partial charge is 0.352 e. The van der Waals surface area contributed by atoms with Crippen molar-refractivity contribution < 1.29 is 9.59 Å². The van der Waals surface area contributed by atoms with Crippen LogP contribution in [-0.4, -0.2) is 51.8 Å². The summed E-state index contributed by atoms with van der Waals surface area (Å²) >= 11 is 0. The van der Waals surface area contributed by atoms with Crippen molar-refractivity contribution in [3.8, 4) is 5.69 Å². The molecule has 3 amide bonds. The molecule has 7 heteroatoms. The lowest BCUT2D eigenvalue weighted by Crippen LogP contribution is -2.50. The summed E-state index contributed by atoms with van der Waals surface area (Å²) in [6, 6.07) is 9.76. The Kier molecular flexibility index (Phi) is 5.09. The minimum absolute atomic E-state index is 0.00529. The molecule has 2 aromatic rings. The molecule has 2 N–H and O–H groups in total. The van der Waals surface area contributed by atoms with Crippen LogP contribution < -0.4 is 10.6 Å². The molecule has 7 nitrogen and oxygen atoms in total. The molecule has 1 saturated heterocycles. The Morgan fingerprint density at radius 2 is 1.96 bits per heavy atom. The maximum absolute atomic E-state index is 12.5. The Morgan fingerprint density at radius 3 is 2.74 bits per heavy atom. The fourth-order valence-electron chi connectivity index (χ4n) is 3.43. The van der Waals surface area contributed by atoms with Crippen LogP contribution in [0.15, 0.2) is 42.7 Å². The molecule has 1 saturated carbocycles. The Hall–Kier alpha value is -2.83. The lowest BCUT2D eigenvalue weighted by Gasteiger charge is -2.24. The number of rotatable bonds is 6. The number of carbonyl (C=O) groups excluding carboxylic acids is 2. The fourth-order valence-corrected chi connectivity index (χ4v) is 3.43. The quantitative estimate of drug-likeness (QED) is 0.818. The number of hydrogen-bond donors (Lipinski definition) is 2. The van der Waals surface area contributed by atoms with Crippen LogP contribution in [0.1, 0.15) is 31.2 Å². The summed E-state index contributed by atoms with van der Waals surface area (Å²) in [6.07, 6.45) is 8.23. The Bertz CT molecular complexity index is 800. The van der Waals surface area contributed by atoms with Gasteiger partial charge in [0.15, 0.2) is 0 Å². The van der Waals surface area contributed by atoms with Crippen LogP contribution in [-0.2, 0) is 11.2 Å². The first-order valence-electron chi connectivity index (χ1n) is 9.64. The zero-order valence-electron chi connectivity index (χ0n) is 15.3. The molecular weight excluding hydrogens is 342 g/mol. The van der Waals surface area contributed by atoms with Gasteiger partial charge in [-0.3, -0.25) is 4.79 Å². The van der Waals surface area contributed by atoms with E-state index in [9.17, 15) is 9.59 Å². The monoisotopic (exact) mass is 367 g/mol. The third-order valence-corrected chi connectivity index (χ3v) is 5.09. The van der Waals surface area contributed by atoms with Crippen LogP contribution in [0, 0.1) is 0 Å². The third kappa shape index (κ3) is 4.30. The first-order valence-corrected chi connectivity index (χ1v) is 9.64. The number of benzene rings is 1. The van der Waals surface area contributed by atoms with Gasteiger partial charge in [-0.25, -0.2) is 9.48 Å². The molecule has 4 rings (SSSR count). The van der Waals surface area contributed by atoms with Crippen LogP contribution in [0.25, 0.3) is 5.69 Å². The number of para-hydroxylation sites is 1. The summed E-state index contributed by atoms with van der Waals surface area (Å²) in [4.78, 5) is 26.5. The molecule has 1 aliphatic heterocycles. The van der Waals surface area contributed by atoms with E-state index in [0.717, 1.165) is 36.9 Å². The van der Waals surface area contributed by atoms with E-state index in [1.165, 1.54) is 0 Å². The molecule has 2 aliphatic rings. The average molecular weight is 367 g/mol. The van der Waals surface area contributed by atoms with Gasteiger partial charge in [-0.1, -0.05) is 18.2 Å². The maximum Gasteiger partial charge on any atom is 0.318 e. The van der Waals surface area contributed by atoms with Crippen LogP contribution in [0.2, 0.25) is 0 Å². The number of nitrogens with one attached hydrogen (secondary N) is 2. The highest BCUT2D eigenvalue weighted by atomic mass is 16.2. The summed E-state index contributed by atoms with van der Waals surface area (Å²) in [5.41, 5.74) is 2.07. The normalized spacial score (nSPS) is 19.1. The van der Waals surface area contributed by atoms with Crippen molar-refractivity contribution in [1.82, 2.24) is 25.3 Å². The van der Waals surface area contributed by atoms with Gasteiger partial charge < -0.3 is 15.5 Å². The second kappa shape index (κ2) is 7.82. The minimum atomic E-state index is -0.327. The van der Waals surface area contributed by atoms with E-state index in [1.54, 1.807) is 4.90 Å². The van der Waals surface area contributed by atoms with Crippen molar-refractivity contribution in [2.75, 3.05) is 13.1 Å². The second-order valence-electron chi connectivity index (χ2n) is 7.24. The molecule has 142 valence electrons. The number of urea groups is 1. The van der Waals surface area contributed by atoms with E-state index in [1.807, 2.05) is 47.4 Å². The lowest BCUT2D eigenvalue weighted by molar-refractivity contribution is -0.124. The van der Waals surface area contributed by atoms with Gasteiger partial charge >= 0.3 is 6.03 Å². The summed E-state index contributed by atoms with van der Waals surface area (Å²) in [6.45, 7) is 1.16. The smallest absolute Gasteiger partial charge is 0.318 e. The summed E-state index contributed by atoms with van der Waals surface area (Å²) in [5.74, 6) is -0.00529. The molecule has 1 aromatic heterocycles. The molecule has 0 spiro atoms. The Morgan fingerprint density at radius 1 is 1.15 bits per heavy atom. The van der Waals surface area contributed by atoms with Crippen LogP contribution in [0.5, 0.6) is 0 Å². The van der Waals surface area contributed by atoms with E-state index in [0.29, 0.717) is 25.6 Å². The van der Waals surface area contributed by atoms with Crippen LogP contribution >= 0.6 is 0 Å². The van der Waals surface area contributed by atoms with Gasteiger partial charge in [-0.15, -0.1) is 0 Å². The van der Waals surface area contributed by atoms with Crippen molar-refractivity contribution in [2.24, 2.45) is 0 Å². The highest BCUT2D eigenvalue weighted by Gasteiger charge is 2.36. The molecule has 1 atom stereocenters. The fraction of sp³-hybridized carbons (Fsp3) is 0.450. The molecule has 0 bridgehead atoms. The van der Waals surface area contributed by atoms with Gasteiger partial charge in [0, 0.05) is 25.3 Å². The van der Waals surface area contributed by atoms with Crippen molar-refractivity contribution in [1.29, 1.82) is 0 Å². The molecule has 2 fully saturated rings. The minimum Gasteiger partial charge on any atom is -0.352 e. The van der Waals surface area contributed by atoms with Gasteiger partial charge in [0.05, 0.1) is 11.9 Å². The Labute approximate surface area is 158 Å². The number of carbonyl (C=O) groups is 2. The Balaban J connectivity index is 1.27.